The topological polar surface area (TPSA) is 51.8 Å². The second kappa shape index (κ2) is 6.87. The Kier molecular flexibility index (Phi) is 5.37. The third-order valence-corrected chi connectivity index (χ3v) is 4.52. The summed E-state index contributed by atoms with van der Waals surface area (Å²) in [5.74, 6) is 1.03. The molecule has 112 valence electrons. The molecule has 0 fully saturated rings. The number of nitrogens with zero attached hydrogens (tertiary/aromatic N) is 2. The van der Waals surface area contributed by atoms with E-state index in [0.717, 1.165) is 15.7 Å². The Morgan fingerprint density at radius 3 is 2.67 bits per heavy atom. The molecule has 0 radical (unpaired) electrons. The van der Waals surface area contributed by atoms with Gasteiger partial charge in [0.25, 0.3) is 0 Å². The molecule has 2 rings (SSSR count). The van der Waals surface area contributed by atoms with E-state index >= 15 is 0 Å². The van der Waals surface area contributed by atoms with Crippen molar-refractivity contribution in [2.45, 2.75) is 26.7 Å². The number of anilines is 1. The summed E-state index contributed by atoms with van der Waals surface area (Å²) in [7, 11) is 0. The monoisotopic (exact) mass is 419 g/mol. The summed E-state index contributed by atoms with van der Waals surface area (Å²) in [6.07, 6.45) is 1.04. The normalized spacial score (nSPS) is 11.1. The van der Waals surface area contributed by atoms with Crippen LogP contribution in [0.5, 0.6) is 0 Å². The number of hydrogen-bond acceptors (Lipinski definition) is 3. The Balaban J connectivity index is 2.39. The average molecular weight is 420 g/mol. The number of nitrogens with two attached hydrogens (primary N) is 1. The number of rotatable bonds is 4. The number of halogens is 3. The van der Waals surface area contributed by atoms with E-state index in [9.17, 15) is 4.39 Å². The van der Waals surface area contributed by atoms with Crippen molar-refractivity contribution >= 4 is 40.0 Å². The van der Waals surface area contributed by atoms with Gasteiger partial charge in [-0.2, -0.15) is 0 Å². The minimum Gasteiger partial charge on any atom is -0.383 e. The van der Waals surface area contributed by atoms with Gasteiger partial charge in [-0.15, -0.1) is 0 Å². The van der Waals surface area contributed by atoms with Crippen molar-refractivity contribution in [3.05, 3.63) is 49.7 Å². The van der Waals surface area contributed by atoms with Crippen LogP contribution in [0.15, 0.2) is 18.2 Å². The Morgan fingerprint density at radius 2 is 2.05 bits per heavy atom. The molecule has 0 unspecified atom stereocenters. The van der Waals surface area contributed by atoms with E-state index in [-0.39, 0.29) is 12.2 Å². The highest BCUT2D eigenvalue weighted by molar-refractivity contribution is 14.1. The maximum Gasteiger partial charge on any atom is 0.140 e. The third kappa shape index (κ3) is 4.03. The molecule has 0 aliphatic heterocycles. The van der Waals surface area contributed by atoms with Crippen molar-refractivity contribution in [2.24, 2.45) is 5.92 Å². The van der Waals surface area contributed by atoms with Crippen LogP contribution in [0.4, 0.5) is 10.2 Å². The standard InChI is InChI=1S/C15H16ClFIN3/c1-8(2)6-12-14(18)15(19)21-13(20-12)7-9-10(16)4-3-5-11(9)17/h3-5,8H,6-7H2,1-2H3,(H2,19,20,21). The minimum atomic E-state index is -0.353. The molecule has 2 N–H and O–H groups in total. The highest BCUT2D eigenvalue weighted by Gasteiger charge is 2.14. The SMILES string of the molecule is CC(C)Cc1nc(Cc2c(F)cccc2Cl)nc(N)c1I. The molecular weight excluding hydrogens is 404 g/mol. The summed E-state index contributed by atoms with van der Waals surface area (Å²) in [5, 5.41) is 0.376. The molecule has 3 nitrogen and oxygen atoms in total. The molecule has 6 heteroatoms. The lowest BCUT2D eigenvalue weighted by Crippen LogP contribution is -2.10. The van der Waals surface area contributed by atoms with E-state index in [1.807, 2.05) is 0 Å². The number of nitrogen functional groups attached to an aromatic ring is 1. The quantitative estimate of drug-likeness (QED) is 0.754. The van der Waals surface area contributed by atoms with Gasteiger partial charge in [0.2, 0.25) is 0 Å². The molecule has 0 bridgehead atoms. The first kappa shape index (κ1) is 16.4. The van der Waals surface area contributed by atoms with Crippen molar-refractivity contribution < 1.29 is 4.39 Å². The lowest BCUT2D eigenvalue weighted by atomic mass is 10.1. The summed E-state index contributed by atoms with van der Waals surface area (Å²) in [6.45, 7) is 4.23. The highest BCUT2D eigenvalue weighted by Crippen LogP contribution is 2.24. The fourth-order valence-electron chi connectivity index (χ4n) is 2.03. The van der Waals surface area contributed by atoms with Crippen LogP contribution >= 0.6 is 34.2 Å². The van der Waals surface area contributed by atoms with E-state index in [1.54, 1.807) is 12.1 Å². The number of benzene rings is 1. The molecule has 1 aromatic heterocycles. The van der Waals surface area contributed by atoms with Gasteiger partial charge in [-0.05, 0) is 47.1 Å². The van der Waals surface area contributed by atoms with Crippen molar-refractivity contribution in [1.82, 2.24) is 9.97 Å². The molecule has 0 saturated heterocycles. The molecule has 0 saturated carbocycles. The van der Waals surface area contributed by atoms with Crippen molar-refractivity contribution in [1.29, 1.82) is 0 Å². The number of hydrogen-bond donors (Lipinski definition) is 1. The molecule has 0 amide bonds. The molecule has 0 atom stereocenters. The van der Waals surface area contributed by atoms with Gasteiger partial charge >= 0.3 is 0 Å². The van der Waals surface area contributed by atoms with Gasteiger partial charge in [0, 0.05) is 17.0 Å². The summed E-state index contributed by atoms with van der Waals surface area (Å²) >= 11 is 8.20. The maximum absolute atomic E-state index is 13.9. The second-order valence-electron chi connectivity index (χ2n) is 5.26. The summed E-state index contributed by atoms with van der Waals surface area (Å²) in [5.41, 5.74) is 7.24. The lowest BCUT2D eigenvalue weighted by molar-refractivity contribution is 0.609. The van der Waals surface area contributed by atoms with Crippen LogP contribution in [0.25, 0.3) is 0 Å². The molecule has 0 aliphatic rings. The molecule has 0 spiro atoms. The zero-order valence-electron chi connectivity index (χ0n) is 11.8. The van der Waals surface area contributed by atoms with E-state index < -0.39 is 0 Å². The van der Waals surface area contributed by atoms with Gasteiger partial charge in [0.1, 0.15) is 17.5 Å². The van der Waals surface area contributed by atoms with Crippen LogP contribution < -0.4 is 5.73 Å². The summed E-state index contributed by atoms with van der Waals surface area (Å²) in [4.78, 5) is 8.78. The zero-order valence-corrected chi connectivity index (χ0v) is 14.7. The van der Waals surface area contributed by atoms with Crippen molar-refractivity contribution in [3.8, 4) is 0 Å². The first-order chi connectivity index (χ1) is 9.88. The van der Waals surface area contributed by atoms with Crippen LogP contribution in [-0.2, 0) is 12.8 Å². The molecule has 0 aliphatic carbocycles. The van der Waals surface area contributed by atoms with Crippen LogP contribution in [0, 0.1) is 15.3 Å². The van der Waals surface area contributed by atoms with Crippen molar-refractivity contribution in [3.63, 3.8) is 0 Å². The van der Waals surface area contributed by atoms with Crippen LogP contribution in [0.2, 0.25) is 5.02 Å². The van der Waals surface area contributed by atoms with E-state index in [4.69, 9.17) is 17.3 Å². The Bertz CT molecular complexity index is 641. The summed E-state index contributed by atoms with van der Waals surface area (Å²) < 4.78 is 14.7. The molecule has 2 aromatic rings. The van der Waals surface area contributed by atoms with Gasteiger partial charge < -0.3 is 5.73 Å². The number of aromatic nitrogens is 2. The fraction of sp³-hybridized carbons (Fsp3) is 0.333. The predicted molar refractivity (Wildman–Crippen MR) is 91.9 cm³/mol. The van der Waals surface area contributed by atoms with E-state index in [0.29, 0.717) is 28.1 Å². The largest absolute Gasteiger partial charge is 0.383 e. The van der Waals surface area contributed by atoms with Crippen LogP contribution in [-0.4, -0.2) is 9.97 Å². The lowest BCUT2D eigenvalue weighted by Gasteiger charge is -2.11. The first-order valence-corrected chi connectivity index (χ1v) is 8.07. The zero-order chi connectivity index (χ0) is 15.6. The average Bonchev–Trinajstić information content (AvgIpc) is 2.39. The van der Waals surface area contributed by atoms with Gasteiger partial charge in [0.15, 0.2) is 0 Å². The summed E-state index contributed by atoms with van der Waals surface area (Å²) in [6, 6.07) is 4.62. The van der Waals surface area contributed by atoms with Crippen LogP contribution in [0.3, 0.4) is 0 Å². The van der Waals surface area contributed by atoms with Gasteiger partial charge in [-0.1, -0.05) is 31.5 Å². The Hall–Kier alpha value is -0.950. The smallest absolute Gasteiger partial charge is 0.140 e. The Labute approximate surface area is 142 Å². The van der Waals surface area contributed by atoms with Gasteiger partial charge in [-0.3, -0.25) is 0 Å². The Morgan fingerprint density at radius 1 is 1.33 bits per heavy atom. The molecule has 21 heavy (non-hydrogen) atoms. The predicted octanol–water partition coefficient (Wildman–Crippen LogP) is 4.25. The fourth-order valence-corrected chi connectivity index (χ4v) is 2.72. The van der Waals surface area contributed by atoms with Crippen molar-refractivity contribution in [2.75, 3.05) is 5.73 Å². The van der Waals surface area contributed by atoms with Gasteiger partial charge in [-0.25, -0.2) is 14.4 Å². The molecule has 1 aromatic carbocycles. The highest BCUT2D eigenvalue weighted by atomic mass is 127. The van der Waals surface area contributed by atoms with Crippen LogP contribution in [0.1, 0.15) is 30.9 Å². The maximum atomic E-state index is 13.9. The van der Waals surface area contributed by atoms with E-state index in [1.165, 1.54) is 6.07 Å². The van der Waals surface area contributed by atoms with Gasteiger partial charge in [0.05, 0.1) is 9.26 Å². The first-order valence-electron chi connectivity index (χ1n) is 6.62. The second-order valence-corrected chi connectivity index (χ2v) is 6.75. The van der Waals surface area contributed by atoms with E-state index in [2.05, 4.69) is 46.4 Å². The molecular formula is C15H16ClFIN3. The minimum absolute atomic E-state index is 0.234. The third-order valence-electron chi connectivity index (χ3n) is 2.99. The molecule has 1 heterocycles.